The molecule has 1 amide bonds. The molecule has 4 heterocycles. The van der Waals surface area contributed by atoms with E-state index in [4.69, 9.17) is 9.97 Å². The van der Waals surface area contributed by atoms with Crippen molar-refractivity contribution in [2.75, 3.05) is 5.32 Å². The summed E-state index contributed by atoms with van der Waals surface area (Å²) in [5, 5.41) is 14.6. The number of tetrazole rings is 1. The van der Waals surface area contributed by atoms with Gasteiger partial charge in [-0.2, -0.15) is 0 Å². The number of amides is 1. The van der Waals surface area contributed by atoms with Gasteiger partial charge in [0.25, 0.3) is 5.91 Å². The Hall–Kier alpha value is -3.62. The minimum absolute atomic E-state index is 0.202. The second kappa shape index (κ2) is 7.33. The van der Waals surface area contributed by atoms with Crippen LogP contribution in [0.15, 0.2) is 30.3 Å². The number of imidazole rings is 1. The fraction of sp³-hybridized carbons (Fsp3) is 0.333. The van der Waals surface area contributed by atoms with E-state index >= 15 is 0 Å². The Morgan fingerprint density at radius 3 is 2.87 bits per heavy atom. The van der Waals surface area contributed by atoms with E-state index in [-0.39, 0.29) is 5.91 Å². The smallest absolute Gasteiger partial charge is 0.258 e. The van der Waals surface area contributed by atoms with Gasteiger partial charge in [-0.15, -0.1) is 5.10 Å². The van der Waals surface area contributed by atoms with Gasteiger partial charge >= 0.3 is 0 Å². The van der Waals surface area contributed by atoms with Crippen molar-refractivity contribution in [2.45, 2.75) is 39.2 Å². The molecule has 0 saturated carbocycles. The SMILES string of the molecule is Cc1cc(C(=O)Nc2cccc(-c3nnnn3C)c2)c2nc3n(c2n1)CCCCC3. The lowest BCUT2D eigenvalue weighted by Gasteiger charge is -2.09. The van der Waals surface area contributed by atoms with Crippen LogP contribution in [0.1, 0.15) is 41.1 Å². The Morgan fingerprint density at radius 1 is 1.13 bits per heavy atom. The number of aryl methyl sites for hydroxylation is 4. The van der Waals surface area contributed by atoms with Crippen molar-refractivity contribution in [1.82, 2.24) is 34.7 Å². The highest BCUT2D eigenvalue weighted by Crippen LogP contribution is 2.25. The molecular weight excluding hydrogens is 380 g/mol. The maximum Gasteiger partial charge on any atom is 0.258 e. The number of carbonyl (C=O) groups is 1. The number of nitrogens with zero attached hydrogens (tertiary/aromatic N) is 7. The molecular formula is C21H22N8O. The molecule has 0 saturated heterocycles. The van der Waals surface area contributed by atoms with Crippen LogP contribution < -0.4 is 5.32 Å². The van der Waals surface area contributed by atoms with E-state index in [0.717, 1.165) is 48.5 Å². The van der Waals surface area contributed by atoms with Gasteiger partial charge in [0.15, 0.2) is 11.5 Å². The van der Waals surface area contributed by atoms with Gasteiger partial charge < -0.3 is 9.88 Å². The van der Waals surface area contributed by atoms with Crippen molar-refractivity contribution in [3.05, 3.63) is 47.4 Å². The van der Waals surface area contributed by atoms with Crippen molar-refractivity contribution < 1.29 is 4.79 Å². The minimum Gasteiger partial charge on any atom is -0.322 e. The molecule has 5 rings (SSSR count). The number of fused-ring (bicyclic) bond motifs is 3. The Bertz CT molecular complexity index is 1260. The first-order valence-corrected chi connectivity index (χ1v) is 10.1. The zero-order chi connectivity index (χ0) is 20.7. The number of anilines is 1. The quantitative estimate of drug-likeness (QED) is 0.565. The average Bonchev–Trinajstić information content (AvgIpc) is 3.22. The Kier molecular flexibility index (Phi) is 4.50. The second-order valence-corrected chi connectivity index (χ2v) is 7.63. The van der Waals surface area contributed by atoms with Gasteiger partial charge in [0.2, 0.25) is 0 Å². The molecule has 9 heteroatoms. The summed E-state index contributed by atoms with van der Waals surface area (Å²) in [4.78, 5) is 22.7. The van der Waals surface area contributed by atoms with Crippen molar-refractivity contribution >= 4 is 22.8 Å². The van der Waals surface area contributed by atoms with Crippen LogP contribution in [0.4, 0.5) is 5.69 Å². The summed E-state index contributed by atoms with van der Waals surface area (Å²) >= 11 is 0. The number of carbonyl (C=O) groups excluding carboxylic acids is 1. The fourth-order valence-corrected chi connectivity index (χ4v) is 4.00. The number of benzene rings is 1. The summed E-state index contributed by atoms with van der Waals surface area (Å²) in [6.07, 6.45) is 4.35. The second-order valence-electron chi connectivity index (χ2n) is 7.63. The molecule has 0 unspecified atom stereocenters. The highest BCUT2D eigenvalue weighted by Gasteiger charge is 2.21. The first kappa shape index (κ1) is 18.4. The van der Waals surface area contributed by atoms with Crippen LogP contribution in [-0.2, 0) is 20.0 Å². The van der Waals surface area contributed by atoms with Crippen LogP contribution in [-0.4, -0.2) is 40.6 Å². The third-order valence-electron chi connectivity index (χ3n) is 5.44. The highest BCUT2D eigenvalue weighted by atomic mass is 16.1. The number of pyridine rings is 1. The first-order valence-electron chi connectivity index (χ1n) is 10.1. The average molecular weight is 402 g/mol. The van der Waals surface area contributed by atoms with E-state index in [2.05, 4.69) is 25.4 Å². The summed E-state index contributed by atoms with van der Waals surface area (Å²) in [6.45, 7) is 2.81. The Balaban J connectivity index is 1.51. The molecule has 1 aliphatic rings. The minimum atomic E-state index is -0.202. The largest absolute Gasteiger partial charge is 0.322 e. The molecule has 0 atom stereocenters. The Labute approximate surface area is 173 Å². The third-order valence-corrected chi connectivity index (χ3v) is 5.44. The van der Waals surface area contributed by atoms with Gasteiger partial charge in [-0.05, 0) is 48.4 Å². The summed E-state index contributed by atoms with van der Waals surface area (Å²) < 4.78 is 3.77. The maximum absolute atomic E-state index is 13.2. The molecule has 0 fully saturated rings. The lowest BCUT2D eigenvalue weighted by atomic mass is 10.1. The van der Waals surface area contributed by atoms with Gasteiger partial charge in [-0.25, -0.2) is 14.6 Å². The summed E-state index contributed by atoms with van der Waals surface area (Å²) in [7, 11) is 1.78. The number of nitrogens with one attached hydrogen (secondary N) is 1. The monoisotopic (exact) mass is 402 g/mol. The molecule has 152 valence electrons. The van der Waals surface area contributed by atoms with Crippen molar-refractivity contribution in [3.63, 3.8) is 0 Å². The molecule has 1 aromatic carbocycles. The van der Waals surface area contributed by atoms with Gasteiger partial charge in [-0.1, -0.05) is 18.6 Å². The van der Waals surface area contributed by atoms with Gasteiger partial charge in [0, 0.05) is 37.0 Å². The van der Waals surface area contributed by atoms with Crippen molar-refractivity contribution in [2.24, 2.45) is 7.05 Å². The van der Waals surface area contributed by atoms with Crippen LogP contribution in [0, 0.1) is 6.92 Å². The third kappa shape index (κ3) is 3.22. The lowest BCUT2D eigenvalue weighted by Crippen LogP contribution is -2.13. The normalized spacial score (nSPS) is 13.8. The van der Waals surface area contributed by atoms with Crippen molar-refractivity contribution in [1.29, 1.82) is 0 Å². The van der Waals surface area contributed by atoms with Crippen LogP contribution in [0.2, 0.25) is 0 Å². The summed E-state index contributed by atoms with van der Waals surface area (Å²) in [5.74, 6) is 1.45. The molecule has 9 nitrogen and oxygen atoms in total. The molecule has 4 aromatic rings. The zero-order valence-electron chi connectivity index (χ0n) is 17.0. The fourth-order valence-electron chi connectivity index (χ4n) is 4.00. The summed E-state index contributed by atoms with van der Waals surface area (Å²) in [6, 6.07) is 9.28. The van der Waals surface area contributed by atoms with Gasteiger partial charge in [-0.3, -0.25) is 4.79 Å². The topological polar surface area (TPSA) is 103 Å². The van der Waals surface area contributed by atoms with E-state index in [1.165, 1.54) is 6.42 Å². The van der Waals surface area contributed by atoms with E-state index in [9.17, 15) is 4.79 Å². The Morgan fingerprint density at radius 2 is 2.03 bits per heavy atom. The molecule has 0 spiro atoms. The van der Waals surface area contributed by atoms with E-state index < -0.39 is 0 Å². The molecule has 1 aliphatic heterocycles. The number of hydrogen-bond acceptors (Lipinski definition) is 6. The molecule has 1 N–H and O–H groups in total. The van der Waals surface area contributed by atoms with Crippen LogP contribution in [0.3, 0.4) is 0 Å². The van der Waals surface area contributed by atoms with Crippen LogP contribution in [0.5, 0.6) is 0 Å². The lowest BCUT2D eigenvalue weighted by molar-refractivity contribution is 0.102. The highest BCUT2D eigenvalue weighted by molar-refractivity contribution is 6.11. The summed E-state index contributed by atoms with van der Waals surface area (Å²) in [5.41, 5.74) is 4.32. The van der Waals surface area contributed by atoms with Gasteiger partial charge in [0.05, 0.1) is 5.56 Å². The number of rotatable bonds is 3. The molecule has 0 bridgehead atoms. The van der Waals surface area contributed by atoms with E-state index in [1.54, 1.807) is 17.8 Å². The predicted molar refractivity (Wildman–Crippen MR) is 112 cm³/mol. The van der Waals surface area contributed by atoms with E-state index in [1.807, 2.05) is 31.2 Å². The maximum atomic E-state index is 13.2. The molecule has 0 aliphatic carbocycles. The molecule has 30 heavy (non-hydrogen) atoms. The predicted octanol–water partition coefficient (Wildman–Crippen LogP) is 2.91. The number of aromatic nitrogens is 7. The molecule has 0 radical (unpaired) electrons. The van der Waals surface area contributed by atoms with Crippen LogP contribution >= 0.6 is 0 Å². The van der Waals surface area contributed by atoms with Gasteiger partial charge in [0.1, 0.15) is 11.3 Å². The van der Waals surface area contributed by atoms with E-state index in [0.29, 0.717) is 22.6 Å². The standard InChI is InChI=1S/C21H22N8O/c1-13-11-16(18-20(22-13)29-10-5-3-4-9-17(29)24-18)21(30)23-15-8-6-7-14(12-15)19-25-26-27-28(19)2/h6-8,11-12H,3-5,9-10H2,1-2H3,(H,23,30). The number of hydrogen-bond donors (Lipinski definition) is 1. The van der Waals surface area contributed by atoms with Crippen LogP contribution in [0.25, 0.3) is 22.6 Å². The zero-order valence-corrected chi connectivity index (χ0v) is 17.0. The molecule has 3 aromatic heterocycles. The van der Waals surface area contributed by atoms with Crippen molar-refractivity contribution in [3.8, 4) is 11.4 Å². The first-order chi connectivity index (χ1) is 14.6.